The lowest BCUT2D eigenvalue weighted by Gasteiger charge is -2.25. The largest absolute Gasteiger partial charge is 0.437 e. The molecule has 2 aromatic rings. The third-order valence-corrected chi connectivity index (χ3v) is 4.84. The second kappa shape index (κ2) is 6.27. The van der Waals surface area contributed by atoms with E-state index in [1.807, 2.05) is 0 Å². The standard InChI is InChI=1S/C15H14F2N2O4S/c1-19(2,24(21,22)23)14-6-4-3-5-11(14)15(20)18-13-8-7-10(16)9-12(13)17/h3-9H,1-2H3,(H-,18,20,21,22,23)/p+1. The lowest BCUT2D eigenvalue weighted by Crippen LogP contribution is -2.47. The Kier molecular flexibility index (Phi) is 4.70. The van der Waals surface area contributed by atoms with E-state index in [4.69, 9.17) is 0 Å². The molecule has 0 aromatic heterocycles. The van der Waals surface area contributed by atoms with Crippen molar-refractivity contribution in [1.29, 1.82) is 0 Å². The van der Waals surface area contributed by atoms with Gasteiger partial charge in [-0.15, -0.1) is 8.42 Å². The van der Waals surface area contributed by atoms with Gasteiger partial charge in [-0.2, -0.15) is 3.89 Å². The van der Waals surface area contributed by atoms with E-state index in [2.05, 4.69) is 5.32 Å². The van der Waals surface area contributed by atoms with Gasteiger partial charge in [-0.25, -0.2) is 13.3 Å². The zero-order chi connectivity index (χ0) is 18.1. The molecule has 0 aliphatic heterocycles. The summed E-state index contributed by atoms with van der Waals surface area (Å²) in [4.78, 5) is 12.4. The summed E-state index contributed by atoms with van der Waals surface area (Å²) in [7, 11) is -2.20. The molecule has 2 aromatic carbocycles. The summed E-state index contributed by atoms with van der Waals surface area (Å²) in [6.07, 6.45) is 0. The summed E-state index contributed by atoms with van der Waals surface area (Å²) in [6.45, 7) is 0. The van der Waals surface area contributed by atoms with Crippen molar-refractivity contribution in [2.24, 2.45) is 0 Å². The highest BCUT2D eigenvalue weighted by Crippen LogP contribution is 2.28. The van der Waals surface area contributed by atoms with Crippen LogP contribution in [0.15, 0.2) is 42.5 Å². The number of benzene rings is 2. The molecule has 0 atom stereocenters. The second-order valence-corrected chi connectivity index (χ2v) is 7.20. The summed E-state index contributed by atoms with van der Waals surface area (Å²) >= 11 is 0. The first-order valence-electron chi connectivity index (χ1n) is 6.71. The maximum absolute atomic E-state index is 13.7. The van der Waals surface area contributed by atoms with Gasteiger partial charge in [0, 0.05) is 12.1 Å². The number of para-hydroxylation sites is 1. The molecule has 0 unspecified atom stereocenters. The minimum atomic E-state index is -4.56. The van der Waals surface area contributed by atoms with Crippen molar-refractivity contribution in [3.63, 3.8) is 0 Å². The van der Waals surface area contributed by atoms with Crippen LogP contribution >= 0.6 is 0 Å². The van der Waals surface area contributed by atoms with Crippen LogP contribution in [0.25, 0.3) is 0 Å². The van der Waals surface area contributed by atoms with E-state index in [9.17, 15) is 26.5 Å². The van der Waals surface area contributed by atoms with Crippen LogP contribution in [0.3, 0.4) is 0 Å². The van der Waals surface area contributed by atoms with Crippen LogP contribution in [0, 0.1) is 11.6 Å². The molecule has 24 heavy (non-hydrogen) atoms. The third-order valence-electron chi connectivity index (χ3n) is 3.48. The van der Waals surface area contributed by atoms with Crippen LogP contribution in [0.2, 0.25) is 0 Å². The lowest BCUT2D eigenvalue weighted by atomic mass is 10.1. The first kappa shape index (κ1) is 18.0. The number of anilines is 1. The van der Waals surface area contributed by atoms with Crippen molar-refractivity contribution in [2.75, 3.05) is 19.4 Å². The number of nitrogens with zero attached hydrogens (tertiary/aromatic N) is 1. The minimum absolute atomic E-state index is 0.0139. The van der Waals surface area contributed by atoms with Gasteiger partial charge in [0.2, 0.25) is 0 Å². The quantitative estimate of drug-likeness (QED) is 0.651. The second-order valence-electron chi connectivity index (χ2n) is 5.39. The predicted octanol–water partition coefficient (Wildman–Crippen LogP) is 2.59. The molecular weight excluding hydrogens is 342 g/mol. The van der Waals surface area contributed by atoms with E-state index < -0.39 is 31.7 Å². The molecule has 0 spiro atoms. The molecule has 0 fully saturated rings. The Hall–Kier alpha value is -2.36. The topological polar surface area (TPSA) is 83.5 Å². The van der Waals surface area contributed by atoms with Crippen LogP contribution in [-0.2, 0) is 10.3 Å². The van der Waals surface area contributed by atoms with Gasteiger partial charge in [0.05, 0.1) is 19.8 Å². The molecule has 9 heteroatoms. The Morgan fingerprint density at radius 3 is 2.33 bits per heavy atom. The zero-order valence-electron chi connectivity index (χ0n) is 12.8. The molecule has 2 rings (SSSR count). The number of halogens is 2. The number of hydrogen-bond donors (Lipinski definition) is 2. The van der Waals surface area contributed by atoms with Crippen molar-refractivity contribution in [3.8, 4) is 0 Å². The third kappa shape index (κ3) is 3.42. The maximum Gasteiger partial charge on any atom is 0.437 e. The van der Waals surface area contributed by atoms with Gasteiger partial charge in [0.15, 0.2) is 5.69 Å². The van der Waals surface area contributed by atoms with E-state index in [-0.39, 0.29) is 16.9 Å². The van der Waals surface area contributed by atoms with E-state index >= 15 is 0 Å². The molecule has 0 aliphatic rings. The van der Waals surface area contributed by atoms with Gasteiger partial charge in [0.25, 0.3) is 5.91 Å². The normalized spacial score (nSPS) is 12.0. The Labute approximate surface area is 137 Å². The van der Waals surface area contributed by atoms with Gasteiger partial charge in [-0.05, 0) is 18.2 Å². The number of carbonyl (C=O) groups is 1. The SMILES string of the molecule is C[N+](C)(c1ccccc1C(=O)Nc1ccc(F)cc1F)S(=O)(=O)O. The maximum atomic E-state index is 13.7. The Morgan fingerprint density at radius 2 is 1.75 bits per heavy atom. The molecule has 6 nitrogen and oxygen atoms in total. The van der Waals surface area contributed by atoms with E-state index in [1.54, 1.807) is 0 Å². The van der Waals surface area contributed by atoms with Crippen molar-refractivity contribution in [1.82, 2.24) is 3.89 Å². The lowest BCUT2D eigenvalue weighted by molar-refractivity contribution is 0.102. The molecule has 128 valence electrons. The fraction of sp³-hybridized carbons (Fsp3) is 0.133. The number of rotatable bonds is 4. The van der Waals surface area contributed by atoms with Crippen LogP contribution in [0.4, 0.5) is 20.2 Å². The highest BCUT2D eigenvalue weighted by atomic mass is 32.2. The molecule has 0 radical (unpaired) electrons. The fourth-order valence-corrected chi connectivity index (χ4v) is 2.45. The van der Waals surface area contributed by atoms with Gasteiger partial charge < -0.3 is 5.32 Å². The van der Waals surface area contributed by atoms with E-state index in [1.165, 1.54) is 38.4 Å². The number of nitrogens with one attached hydrogen (secondary N) is 1. The molecule has 0 aliphatic carbocycles. The number of carbonyl (C=O) groups excluding carboxylic acids is 1. The van der Waals surface area contributed by atoms with E-state index in [0.717, 1.165) is 12.1 Å². The monoisotopic (exact) mass is 357 g/mol. The zero-order valence-corrected chi connectivity index (χ0v) is 13.6. The van der Waals surface area contributed by atoms with Gasteiger partial charge >= 0.3 is 10.3 Å². The average Bonchev–Trinajstić information content (AvgIpc) is 2.49. The van der Waals surface area contributed by atoms with Crippen molar-refractivity contribution in [2.45, 2.75) is 0 Å². The Morgan fingerprint density at radius 1 is 1.12 bits per heavy atom. The Bertz CT molecular complexity index is 898. The molecule has 0 heterocycles. The molecular formula is C15H15F2N2O4S+. The molecule has 0 saturated heterocycles. The highest BCUT2D eigenvalue weighted by molar-refractivity contribution is 7.85. The highest BCUT2D eigenvalue weighted by Gasteiger charge is 2.37. The summed E-state index contributed by atoms with van der Waals surface area (Å²) in [5.74, 6) is -2.56. The predicted molar refractivity (Wildman–Crippen MR) is 85.9 cm³/mol. The molecule has 0 bridgehead atoms. The average molecular weight is 357 g/mol. The first-order valence-corrected chi connectivity index (χ1v) is 8.11. The molecule has 0 saturated carbocycles. The number of hydrogen-bond acceptors (Lipinski definition) is 3. The summed E-state index contributed by atoms with van der Waals surface area (Å²) in [6, 6.07) is 8.30. The van der Waals surface area contributed by atoms with E-state index in [0.29, 0.717) is 6.07 Å². The summed E-state index contributed by atoms with van der Waals surface area (Å²) < 4.78 is 58.1. The smallest absolute Gasteiger partial charge is 0.319 e. The van der Waals surface area contributed by atoms with Gasteiger partial charge in [-0.1, -0.05) is 12.1 Å². The molecule has 2 N–H and O–H groups in total. The van der Waals surface area contributed by atoms with Crippen LogP contribution in [0.1, 0.15) is 10.4 Å². The number of quaternary nitrogens is 1. The van der Waals surface area contributed by atoms with Crippen LogP contribution < -0.4 is 9.21 Å². The van der Waals surface area contributed by atoms with Crippen LogP contribution in [-0.4, -0.2) is 33.0 Å². The Balaban J connectivity index is 2.45. The van der Waals surface area contributed by atoms with Gasteiger partial charge in [0.1, 0.15) is 17.2 Å². The summed E-state index contributed by atoms with van der Waals surface area (Å²) in [5.41, 5.74) is -0.350. The van der Waals surface area contributed by atoms with Gasteiger partial charge in [-0.3, -0.25) is 4.79 Å². The summed E-state index contributed by atoms with van der Waals surface area (Å²) in [5, 5.41) is 2.25. The van der Waals surface area contributed by atoms with Crippen molar-refractivity contribution < 1.29 is 26.5 Å². The number of amides is 1. The van der Waals surface area contributed by atoms with Crippen molar-refractivity contribution in [3.05, 3.63) is 59.7 Å². The molecule has 1 amide bonds. The fourth-order valence-electron chi connectivity index (χ4n) is 2.04. The van der Waals surface area contributed by atoms with Crippen LogP contribution in [0.5, 0.6) is 0 Å². The first-order chi connectivity index (χ1) is 11.0. The van der Waals surface area contributed by atoms with Crippen molar-refractivity contribution >= 4 is 27.6 Å². The minimum Gasteiger partial charge on any atom is -0.319 e.